The van der Waals surface area contributed by atoms with Crippen LogP contribution in [0.3, 0.4) is 0 Å². The van der Waals surface area contributed by atoms with Crippen molar-refractivity contribution in [2.24, 2.45) is 5.92 Å². The van der Waals surface area contributed by atoms with Crippen molar-refractivity contribution in [1.29, 1.82) is 0 Å². The van der Waals surface area contributed by atoms with Crippen molar-refractivity contribution in [3.05, 3.63) is 65.7 Å². The Hall–Kier alpha value is -2.37. The molecule has 0 aliphatic rings. The minimum atomic E-state index is -1.19. The average Bonchev–Trinajstić information content (AvgIpc) is 2.72. The SMILES string of the molecule is CCCC(C)COc1ccc([C@@H](NC(=O)[C@@H](CO)c2ccccc2)C(C)(C)O)cc1. The largest absolute Gasteiger partial charge is 0.493 e. The monoisotopic (exact) mass is 413 g/mol. The fourth-order valence-corrected chi connectivity index (χ4v) is 3.51. The topological polar surface area (TPSA) is 78.8 Å². The van der Waals surface area contributed by atoms with Crippen molar-refractivity contribution in [2.75, 3.05) is 13.2 Å². The molecule has 3 N–H and O–H groups in total. The molecule has 0 aromatic heterocycles. The minimum absolute atomic E-state index is 0.308. The quantitative estimate of drug-likeness (QED) is 0.516. The number of hydrogen-bond acceptors (Lipinski definition) is 4. The molecule has 0 radical (unpaired) electrons. The van der Waals surface area contributed by atoms with Gasteiger partial charge in [0.2, 0.25) is 5.91 Å². The normalized spacial score (nSPS) is 14.6. The molecule has 0 aliphatic heterocycles. The minimum Gasteiger partial charge on any atom is -0.493 e. The number of nitrogens with one attached hydrogen (secondary N) is 1. The molecule has 30 heavy (non-hydrogen) atoms. The lowest BCUT2D eigenvalue weighted by atomic mass is 9.90. The summed E-state index contributed by atoms with van der Waals surface area (Å²) >= 11 is 0. The molecule has 5 nitrogen and oxygen atoms in total. The molecule has 5 heteroatoms. The van der Waals surface area contributed by atoms with Crippen molar-refractivity contribution >= 4 is 5.91 Å². The molecule has 164 valence electrons. The zero-order valence-corrected chi connectivity index (χ0v) is 18.5. The molecule has 1 unspecified atom stereocenters. The summed E-state index contributed by atoms with van der Waals surface area (Å²) in [5, 5.41) is 23.4. The smallest absolute Gasteiger partial charge is 0.230 e. The zero-order chi connectivity index (χ0) is 22.1. The number of carbonyl (C=O) groups excluding carboxylic acids is 1. The highest BCUT2D eigenvalue weighted by molar-refractivity contribution is 5.84. The van der Waals surface area contributed by atoms with Gasteiger partial charge in [-0.15, -0.1) is 0 Å². The predicted molar refractivity (Wildman–Crippen MR) is 119 cm³/mol. The van der Waals surface area contributed by atoms with E-state index in [4.69, 9.17) is 4.74 Å². The highest BCUT2D eigenvalue weighted by Crippen LogP contribution is 2.28. The zero-order valence-electron chi connectivity index (χ0n) is 18.5. The number of aliphatic hydroxyl groups is 2. The van der Waals surface area contributed by atoms with E-state index in [2.05, 4.69) is 19.2 Å². The Labute approximate surface area is 180 Å². The molecule has 0 saturated carbocycles. The molecular formula is C25H35NO4. The van der Waals surface area contributed by atoms with E-state index in [1.165, 1.54) is 0 Å². The van der Waals surface area contributed by atoms with Crippen molar-refractivity contribution in [3.8, 4) is 5.75 Å². The van der Waals surface area contributed by atoms with Crippen LogP contribution < -0.4 is 10.1 Å². The Morgan fingerprint density at radius 3 is 2.23 bits per heavy atom. The molecule has 2 rings (SSSR count). The van der Waals surface area contributed by atoms with Crippen LogP contribution in [0.4, 0.5) is 0 Å². The lowest BCUT2D eigenvalue weighted by molar-refractivity contribution is -0.126. The summed E-state index contributed by atoms with van der Waals surface area (Å²) < 4.78 is 5.85. The van der Waals surface area contributed by atoms with Gasteiger partial charge in [0.25, 0.3) is 0 Å². The van der Waals surface area contributed by atoms with E-state index in [1.54, 1.807) is 13.8 Å². The summed E-state index contributed by atoms with van der Waals surface area (Å²) in [6, 6.07) is 16.0. The number of carbonyl (C=O) groups is 1. The Morgan fingerprint density at radius 1 is 1.07 bits per heavy atom. The number of hydrogen-bond donors (Lipinski definition) is 3. The molecule has 0 fully saturated rings. The van der Waals surface area contributed by atoms with Crippen LogP contribution in [0.1, 0.15) is 63.6 Å². The second-order valence-electron chi connectivity index (χ2n) is 8.51. The predicted octanol–water partition coefficient (Wildman–Crippen LogP) is 4.21. The second-order valence-corrected chi connectivity index (χ2v) is 8.51. The number of benzene rings is 2. The van der Waals surface area contributed by atoms with Gasteiger partial charge in [-0.2, -0.15) is 0 Å². The van der Waals surface area contributed by atoms with Gasteiger partial charge in [-0.05, 0) is 49.4 Å². The van der Waals surface area contributed by atoms with Crippen LogP contribution in [-0.2, 0) is 4.79 Å². The van der Waals surface area contributed by atoms with Crippen LogP contribution in [0.25, 0.3) is 0 Å². The summed E-state index contributed by atoms with van der Waals surface area (Å²) in [5.74, 6) is 0.231. The summed E-state index contributed by atoms with van der Waals surface area (Å²) in [4.78, 5) is 12.9. The van der Waals surface area contributed by atoms with E-state index in [-0.39, 0.29) is 12.5 Å². The van der Waals surface area contributed by atoms with Crippen molar-refractivity contribution < 1.29 is 19.7 Å². The second kappa shape index (κ2) is 11.1. The van der Waals surface area contributed by atoms with Crippen molar-refractivity contribution in [2.45, 2.75) is 58.1 Å². The number of rotatable bonds is 11. The third kappa shape index (κ3) is 6.85. The molecule has 1 amide bonds. The first-order valence-corrected chi connectivity index (χ1v) is 10.7. The highest BCUT2D eigenvalue weighted by Gasteiger charge is 2.32. The third-order valence-electron chi connectivity index (χ3n) is 5.22. The van der Waals surface area contributed by atoms with E-state index in [0.717, 1.165) is 29.7 Å². The molecule has 2 aromatic rings. The first-order chi connectivity index (χ1) is 14.3. The molecule has 0 saturated heterocycles. The van der Waals surface area contributed by atoms with Crippen LogP contribution in [0.5, 0.6) is 5.75 Å². The van der Waals surface area contributed by atoms with Crippen LogP contribution in [0, 0.1) is 5.92 Å². The third-order valence-corrected chi connectivity index (χ3v) is 5.22. The van der Waals surface area contributed by atoms with Crippen LogP contribution >= 0.6 is 0 Å². The summed E-state index contributed by atoms with van der Waals surface area (Å²) in [6.07, 6.45) is 2.26. The van der Waals surface area contributed by atoms with E-state index >= 15 is 0 Å². The van der Waals surface area contributed by atoms with Gasteiger partial charge in [-0.25, -0.2) is 0 Å². The fraction of sp³-hybridized carbons (Fsp3) is 0.480. The lowest BCUT2D eigenvalue weighted by Crippen LogP contribution is -2.44. The van der Waals surface area contributed by atoms with Gasteiger partial charge < -0.3 is 20.3 Å². The molecule has 0 heterocycles. The number of aliphatic hydroxyl groups excluding tert-OH is 1. The average molecular weight is 414 g/mol. The maximum Gasteiger partial charge on any atom is 0.230 e. The van der Waals surface area contributed by atoms with Gasteiger partial charge in [0.1, 0.15) is 5.75 Å². The molecule has 3 atom stereocenters. The van der Waals surface area contributed by atoms with Crippen molar-refractivity contribution in [3.63, 3.8) is 0 Å². The van der Waals surface area contributed by atoms with Crippen LogP contribution in [0.15, 0.2) is 54.6 Å². The van der Waals surface area contributed by atoms with Gasteiger partial charge >= 0.3 is 0 Å². The lowest BCUT2D eigenvalue weighted by Gasteiger charge is -2.32. The van der Waals surface area contributed by atoms with E-state index in [9.17, 15) is 15.0 Å². The van der Waals surface area contributed by atoms with Gasteiger partial charge in [0, 0.05) is 0 Å². The number of amides is 1. The van der Waals surface area contributed by atoms with Crippen molar-refractivity contribution in [1.82, 2.24) is 5.32 Å². The van der Waals surface area contributed by atoms with Gasteiger partial charge in [0.15, 0.2) is 0 Å². The van der Waals surface area contributed by atoms with Gasteiger partial charge in [-0.3, -0.25) is 4.79 Å². The standard InChI is InChI=1S/C25H35NO4/c1-5-9-18(2)17-30-21-14-12-20(13-15-21)23(25(3,4)29)26-24(28)22(16-27)19-10-7-6-8-11-19/h6-8,10-15,18,22-23,27,29H,5,9,16-17H2,1-4H3,(H,26,28)/t18?,22-,23+/m0/s1. The van der Waals surface area contributed by atoms with Gasteiger partial charge in [0.05, 0.1) is 30.8 Å². The maximum absolute atomic E-state index is 12.9. The van der Waals surface area contributed by atoms with E-state index in [1.807, 2.05) is 54.6 Å². The van der Waals surface area contributed by atoms with Crippen LogP contribution in [-0.4, -0.2) is 34.9 Å². The summed E-state index contributed by atoms with van der Waals surface area (Å²) in [7, 11) is 0. The fourth-order valence-electron chi connectivity index (χ4n) is 3.51. The molecule has 2 aromatic carbocycles. The molecule has 0 aliphatic carbocycles. The molecular weight excluding hydrogens is 378 g/mol. The first-order valence-electron chi connectivity index (χ1n) is 10.7. The van der Waals surface area contributed by atoms with E-state index < -0.39 is 17.6 Å². The van der Waals surface area contributed by atoms with E-state index in [0.29, 0.717) is 12.5 Å². The van der Waals surface area contributed by atoms with Gasteiger partial charge in [-0.1, -0.05) is 62.7 Å². The maximum atomic E-state index is 12.9. The summed E-state index contributed by atoms with van der Waals surface area (Å²) in [6.45, 7) is 8.00. The highest BCUT2D eigenvalue weighted by atomic mass is 16.5. The molecule has 0 spiro atoms. The Balaban J connectivity index is 2.13. The summed E-state index contributed by atoms with van der Waals surface area (Å²) in [5.41, 5.74) is 0.316. The number of ether oxygens (including phenoxy) is 1. The Kier molecular flexibility index (Phi) is 8.88. The Morgan fingerprint density at radius 2 is 1.70 bits per heavy atom. The Bertz CT molecular complexity index is 768. The molecule has 0 bridgehead atoms. The van der Waals surface area contributed by atoms with Crippen LogP contribution in [0.2, 0.25) is 0 Å². The first kappa shape index (κ1) is 23.9.